The monoisotopic (exact) mass is 330 g/mol. The van der Waals surface area contributed by atoms with Crippen molar-refractivity contribution in [3.63, 3.8) is 0 Å². The molecule has 2 aliphatic rings. The smallest absolute Gasteiger partial charge is 0.270 e. The van der Waals surface area contributed by atoms with Crippen LogP contribution in [-0.4, -0.2) is 54.6 Å². The van der Waals surface area contributed by atoms with E-state index >= 15 is 0 Å². The van der Waals surface area contributed by atoms with Crippen LogP contribution in [0.25, 0.3) is 0 Å². The minimum Gasteiger partial charge on any atom is -0.368 e. The van der Waals surface area contributed by atoms with E-state index in [-0.39, 0.29) is 23.3 Å². The maximum absolute atomic E-state index is 12.3. The van der Waals surface area contributed by atoms with Gasteiger partial charge in [-0.15, -0.1) is 0 Å². The molecule has 1 aromatic carbocycles. The van der Waals surface area contributed by atoms with Crippen molar-refractivity contribution in [2.24, 2.45) is 0 Å². The van der Waals surface area contributed by atoms with E-state index in [1.807, 2.05) is 11.0 Å². The molecule has 0 radical (unpaired) electrons. The van der Waals surface area contributed by atoms with Crippen LogP contribution in [0.3, 0.4) is 0 Å². The number of benzene rings is 1. The van der Waals surface area contributed by atoms with Crippen LogP contribution < -0.4 is 4.90 Å². The van der Waals surface area contributed by atoms with E-state index in [2.05, 4.69) is 0 Å². The molecule has 0 spiro atoms. The van der Waals surface area contributed by atoms with Gasteiger partial charge in [-0.25, -0.2) is 0 Å². The molecule has 0 aliphatic carbocycles. The van der Waals surface area contributed by atoms with Gasteiger partial charge in [0.1, 0.15) is 12.2 Å². The van der Waals surface area contributed by atoms with Gasteiger partial charge in [0.05, 0.1) is 16.2 Å². The first-order valence-electron chi connectivity index (χ1n) is 7.94. The molecule has 2 fully saturated rings. The Bertz CT molecular complexity index is 686. The van der Waals surface area contributed by atoms with Crippen molar-refractivity contribution in [2.45, 2.75) is 18.9 Å². The fourth-order valence-electron chi connectivity index (χ4n) is 3.15. The normalized spacial score (nSPS) is 20.7. The number of nitriles is 1. The van der Waals surface area contributed by atoms with Crippen molar-refractivity contribution in [2.75, 3.05) is 37.7 Å². The van der Waals surface area contributed by atoms with Crippen molar-refractivity contribution in [1.82, 2.24) is 4.90 Å². The van der Waals surface area contributed by atoms with Gasteiger partial charge in [-0.2, -0.15) is 5.26 Å². The van der Waals surface area contributed by atoms with Crippen LogP contribution in [-0.2, 0) is 9.53 Å². The summed E-state index contributed by atoms with van der Waals surface area (Å²) in [4.78, 5) is 26.4. The third-order valence-corrected chi connectivity index (χ3v) is 4.45. The Morgan fingerprint density at radius 3 is 2.67 bits per heavy atom. The molecule has 1 aromatic rings. The molecule has 0 N–H and O–H groups in total. The summed E-state index contributed by atoms with van der Waals surface area (Å²) in [5, 5.41) is 20.1. The van der Waals surface area contributed by atoms with Crippen LogP contribution in [0.1, 0.15) is 18.4 Å². The van der Waals surface area contributed by atoms with E-state index in [4.69, 9.17) is 4.74 Å². The van der Waals surface area contributed by atoms with Gasteiger partial charge in [-0.05, 0) is 18.9 Å². The number of nitrogens with zero attached hydrogens (tertiary/aromatic N) is 4. The lowest BCUT2D eigenvalue weighted by molar-refractivity contribution is -0.384. The van der Waals surface area contributed by atoms with Crippen molar-refractivity contribution in [3.8, 4) is 6.07 Å². The summed E-state index contributed by atoms with van der Waals surface area (Å²) >= 11 is 0. The van der Waals surface area contributed by atoms with Crippen LogP contribution in [0.4, 0.5) is 11.4 Å². The van der Waals surface area contributed by atoms with Gasteiger partial charge in [0.2, 0.25) is 0 Å². The summed E-state index contributed by atoms with van der Waals surface area (Å²) < 4.78 is 5.44. The summed E-state index contributed by atoms with van der Waals surface area (Å²) in [7, 11) is 0. The molecule has 1 amide bonds. The van der Waals surface area contributed by atoms with E-state index < -0.39 is 4.92 Å². The Morgan fingerprint density at radius 2 is 2.08 bits per heavy atom. The van der Waals surface area contributed by atoms with Gasteiger partial charge in [0.25, 0.3) is 11.6 Å². The number of rotatable bonds is 3. The number of ether oxygens (including phenoxy) is 1. The summed E-state index contributed by atoms with van der Waals surface area (Å²) in [6.45, 7) is 2.93. The number of nitro groups is 1. The largest absolute Gasteiger partial charge is 0.368 e. The number of carbonyl (C=O) groups is 1. The third kappa shape index (κ3) is 3.16. The summed E-state index contributed by atoms with van der Waals surface area (Å²) in [5.41, 5.74) is 0.859. The second kappa shape index (κ2) is 6.84. The van der Waals surface area contributed by atoms with Crippen LogP contribution >= 0.6 is 0 Å². The molecule has 0 unspecified atom stereocenters. The molecule has 24 heavy (non-hydrogen) atoms. The molecule has 2 aliphatic heterocycles. The number of nitro benzene ring substituents is 1. The number of carbonyl (C=O) groups excluding carboxylic acids is 1. The highest BCUT2D eigenvalue weighted by atomic mass is 16.6. The highest BCUT2D eigenvalue weighted by Gasteiger charge is 2.30. The lowest BCUT2D eigenvalue weighted by Crippen LogP contribution is -2.51. The van der Waals surface area contributed by atoms with E-state index in [9.17, 15) is 20.2 Å². The Morgan fingerprint density at radius 1 is 1.33 bits per heavy atom. The second-order valence-electron chi connectivity index (χ2n) is 5.88. The van der Waals surface area contributed by atoms with Crippen molar-refractivity contribution in [1.29, 1.82) is 5.26 Å². The van der Waals surface area contributed by atoms with Crippen LogP contribution in [0.2, 0.25) is 0 Å². The number of amides is 1. The predicted octanol–water partition coefficient (Wildman–Crippen LogP) is 1.29. The number of anilines is 1. The van der Waals surface area contributed by atoms with Crippen molar-refractivity contribution >= 4 is 17.3 Å². The number of hydrogen-bond acceptors (Lipinski definition) is 6. The third-order valence-electron chi connectivity index (χ3n) is 4.45. The SMILES string of the molecule is N#Cc1cc([N+](=O)[O-])ccc1N1CCN(C(=O)[C@H]2CCCO2)CC1. The molecule has 2 saturated heterocycles. The van der Waals surface area contributed by atoms with Crippen LogP contribution in [0.5, 0.6) is 0 Å². The molecular weight excluding hydrogens is 312 g/mol. The minimum atomic E-state index is -0.511. The minimum absolute atomic E-state index is 0.0383. The summed E-state index contributed by atoms with van der Waals surface area (Å²) in [5.74, 6) is 0.0383. The zero-order valence-electron chi connectivity index (χ0n) is 13.2. The van der Waals surface area contributed by atoms with Gasteiger partial charge in [0.15, 0.2) is 0 Å². The molecule has 126 valence electrons. The van der Waals surface area contributed by atoms with Crippen molar-refractivity contribution in [3.05, 3.63) is 33.9 Å². The van der Waals surface area contributed by atoms with Crippen molar-refractivity contribution < 1.29 is 14.5 Å². The molecule has 0 bridgehead atoms. The first-order valence-corrected chi connectivity index (χ1v) is 7.94. The van der Waals surface area contributed by atoms with Gasteiger partial charge in [0, 0.05) is 44.9 Å². The zero-order valence-corrected chi connectivity index (χ0v) is 13.2. The fraction of sp³-hybridized carbons (Fsp3) is 0.500. The Labute approximate surface area is 139 Å². The molecule has 0 saturated carbocycles. The van der Waals surface area contributed by atoms with Gasteiger partial charge < -0.3 is 14.5 Å². The lowest BCUT2D eigenvalue weighted by Gasteiger charge is -2.37. The molecule has 0 aromatic heterocycles. The Hall–Kier alpha value is -2.66. The van der Waals surface area contributed by atoms with E-state index in [0.717, 1.165) is 12.8 Å². The summed E-state index contributed by atoms with van der Waals surface area (Å²) in [6, 6.07) is 6.32. The number of hydrogen-bond donors (Lipinski definition) is 0. The number of non-ortho nitro benzene ring substituents is 1. The second-order valence-corrected chi connectivity index (χ2v) is 5.88. The Kier molecular flexibility index (Phi) is 4.62. The first kappa shape index (κ1) is 16.2. The number of piperazine rings is 1. The van der Waals surface area contributed by atoms with E-state index in [0.29, 0.717) is 38.5 Å². The van der Waals surface area contributed by atoms with Crippen LogP contribution in [0.15, 0.2) is 18.2 Å². The summed E-state index contributed by atoms with van der Waals surface area (Å²) in [6.07, 6.45) is 1.38. The van der Waals surface area contributed by atoms with E-state index in [1.54, 1.807) is 11.0 Å². The Balaban J connectivity index is 1.67. The van der Waals surface area contributed by atoms with Gasteiger partial charge in [-0.3, -0.25) is 14.9 Å². The topological polar surface area (TPSA) is 99.7 Å². The first-order chi connectivity index (χ1) is 11.6. The molecule has 8 nitrogen and oxygen atoms in total. The lowest BCUT2D eigenvalue weighted by atomic mass is 10.1. The molecule has 1 atom stereocenters. The van der Waals surface area contributed by atoms with Gasteiger partial charge in [-0.1, -0.05) is 0 Å². The predicted molar refractivity (Wildman–Crippen MR) is 85.6 cm³/mol. The zero-order chi connectivity index (χ0) is 17.1. The van der Waals surface area contributed by atoms with E-state index in [1.165, 1.54) is 12.1 Å². The highest BCUT2D eigenvalue weighted by molar-refractivity contribution is 5.81. The van der Waals surface area contributed by atoms with Crippen LogP contribution in [0, 0.1) is 21.4 Å². The molecular formula is C16H18N4O4. The average Bonchev–Trinajstić information content (AvgIpc) is 3.15. The highest BCUT2D eigenvalue weighted by Crippen LogP contribution is 2.26. The fourth-order valence-corrected chi connectivity index (χ4v) is 3.15. The molecule has 3 rings (SSSR count). The molecule has 2 heterocycles. The standard InChI is InChI=1S/C16H18N4O4/c17-11-12-10-13(20(22)23)3-4-14(12)18-5-7-19(8-6-18)16(21)15-2-1-9-24-15/h3-4,10,15H,1-2,5-9H2/t15-/m1/s1. The quantitative estimate of drug-likeness (QED) is 0.611. The maximum atomic E-state index is 12.3. The molecule has 8 heteroatoms. The maximum Gasteiger partial charge on any atom is 0.270 e. The average molecular weight is 330 g/mol. The van der Waals surface area contributed by atoms with Gasteiger partial charge >= 0.3 is 0 Å².